The molecule has 0 spiro atoms. The number of ether oxygens (including phenoxy) is 1. The Labute approximate surface area is 103 Å². The Hall–Kier alpha value is -2.08. The van der Waals surface area contributed by atoms with Crippen molar-refractivity contribution < 1.29 is 9.53 Å². The lowest BCUT2D eigenvalue weighted by molar-refractivity contribution is 0.176. The molecule has 7 heteroatoms. The standard InChI is InChI=1S/C10H11ClN4O2/c1-17-10(16)14-9(12)15-13-6-7-4-2-3-5-8(7)11/h2-6H,1H3,(H3,12,14,15,16)/b13-6-. The highest BCUT2D eigenvalue weighted by Crippen LogP contribution is 2.12. The van der Waals surface area contributed by atoms with Gasteiger partial charge >= 0.3 is 6.09 Å². The van der Waals surface area contributed by atoms with Gasteiger partial charge in [0.2, 0.25) is 5.96 Å². The van der Waals surface area contributed by atoms with Crippen molar-refractivity contribution >= 4 is 29.9 Å². The summed E-state index contributed by atoms with van der Waals surface area (Å²) in [7, 11) is 1.22. The molecule has 1 amide bonds. The summed E-state index contributed by atoms with van der Waals surface area (Å²) in [5.41, 5.74) is 6.04. The number of benzene rings is 1. The van der Waals surface area contributed by atoms with Gasteiger partial charge in [-0.25, -0.2) is 4.79 Å². The fraction of sp³-hybridized carbons (Fsp3) is 0.100. The molecule has 0 radical (unpaired) electrons. The Bertz CT molecular complexity index is 459. The zero-order valence-corrected chi connectivity index (χ0v) is 9.81. The minimum absolute atomic E-state index is 0.167. The van der Waals surface area contributed by atoms with Gasteiger partial charge in [0.25, 0.3) is 0 Å². The van der Waals surface area contributed by atoms with Gasteiger partial charge in [-0.05, 0) is 6.07 Å². The first kappa shape index (κ1) is 13.0. The third-order valence-corrected chi connectivity index (χ3v) is 2.03. The van der Waals surface area contributed by atoms with E-state index in [0.29, 0.717) is 10.6 Å². The van der Waals surface area contributed by atoms with E-state index in [1.54, 1.807) is 18.2 Å². The molecule has 0 aliphatic rings. The lowest BCUT2D eigenvalue weighted by Crippen LogP contribution is -2.36. The average molecular weight is 255 g/mol. The quantitative estimate of drug-likeness (QED) is 0.474. The van der Waals surface area contributed by atoms with Crippen molar-refractivity contribution in [2.75, 3.05) is 7.11 Å². The molecule has 17 heavy (non-hydrogen) atoms. The van der Waals surface area contributed by atoms with Crippen LogP contribution in [0.15, 0.2) is 34.5 Å². The zero-order valence-electron chi connectivity index (χ0n) is 9.05. The molecule has 0 fully saturated rings. The molecule has 0 aliphatic carbocycles. The molecular weight excluding hydrogens is 244 g/mol. The molecule has 0 heterocycles. The second-order valence-corrected chi connectivity index (χ2v) is 3.28. The van der Waals surface area contributed by atoms with E-state index >= 15 is 0 Å². The van der Waals surface area contributed by atoms with E-state index in [1.165, 1.54) is 13.3 Å². The molecule has 1 aromatic rings. The Morgan fingerprint density at radius 1 is 1.53 bits per heavy atom. The average Bonchev–Trinajstić information content (AvgIpc) is 2.31. The Kier molecular flexibility index (Phi) is 4.96. The van der Waals surface area contributed by atoms with Crippen LogP contribution in [0.2, 0.25) is 5.02 Å². The first-order valence-electron chi connectivity index (χ1n) is 4.59. The molecule has 1 rings (SSSR count). The summed E-state index contributed by atoms with van der Waals surface area (Å²) in [6.45, 7) is 0. The topological polar surface area (TPSA) is 89.1 Å². The van der Waals surface area contributed by atoms with E-state index in [2.05, 4.69) is 20.3 Å². The zero-order chi connectivity index (χ0) is 12.7. The van der Waals surface area contributed by atoms with Gasteiger partial charge in [0.15, 0.2) is 0 Å². The molecule has 6 nitrogen and oxygen atoms in total. The van der Waals surface area contributed by atoms with Crippen LogP contribution in [-0.2, 0) is 4.74 Å². The van der Waals surface area contributed by atoms with E-state index < -0.39 is 6.09 Å². The van der Waals surface area contributed by atoms with Crippen molar-refractivity contribution in [3.8, 4) is 0 Å². The first-order chi connectivity index (χ1) is 8.13. The van der Waals surface area contributed by atoms with Gasteiger partial charge in [0, 0.05) is 10.6 Å². The van der Waals surface area contributed by atoms with E-state index in [4.69, 9.17) is 17.3 Å². The molecule has 0 saturated heterocycles. The maximum atomic E-state index is 10.7. The van der Waals surface area contributed by atoms with Gasteiger partial charge in [-0.1, -0.05) is 29.8 Å². The summed E-state index contributed by atoms with van der Waals surface area (Å²) in [4.78, 5) is 10.7. The van der Waals surface area contributed by atoms with Gasteiger partial charge < -0.3 is 10.5 Å². The highest BCUT2D eigenvalue weighted by atomic mass is 35.5. The summed E-state index contributed by atoms with van der Waals surface area (Å²) in [6, 6.07) is 7.11. The summed E-state index contributed by atoms with van der Waals surface area (Å²) < 4.78 is 4.32. The minimum Gasteiger partial charge on any atom is -0.453 e. The number of methoxy groups -OCH3 is 1. The lowest BCUT2D eigenvalue weighted by atomic mass is 10.2. The van der Waals surface area contributed by atoms with E-state index in [1.807, 2.05) is 6.07 Å². The molecule has 90 valence electrons. The van der Waals surface area contributed by atoms with Crippen molar-refractivity contribution in [2.45, 2.75) is 0 Å². The number of carbonyl (C=O) groups is 1. The summed E-state index contributed by atoms with van der Waals surface area (Å²) in [6.07, 6.45) is 0.716. The fourth-order valence-corrected chi connectivity index (χ4v) is 1.10. The maximum absolute atomic E-state index is 10.7. The molecule has 1 aromatic carbocycles. The van der Waals surface area contributed by atoms with Crippen LogP contribution in [0.3, 0.4) is 0 Å². The maximum Gasteiger partial charge on any atom is 0.413 e. The third-order valence-electron chi connectivity index (χ3n) is 1.68. The number of halogens is 1. The smallest absolute Gasteiger partial charge is 0.413 e. The summed E-state index contributed by atoms with van der Waals surface area (Å²) in [5, 5.41) is 9.91. The van der Waals surface area contributed by atoms with Gasteiger partial charge in [-0.3, -0.25) is 5.32 Å². The molecule has 0 aromatic heterocycles. The Morgan fingerprint density at radius 2 is 2.24 bits per heavy atom. The highest BCUT2D eigenvalue weighted by molar-refractivity contribution is 6.33. The summed E-state index contributed by atoms with van der Waals surface area (Å²) >= 11 is 5.89. The number of nitrogens with one attached hydrogen (secondary N) is 1. The fourth-order valence-electron chi connectivity index (χ4n) is 0.914. The number of alkyl carbamates (subject to hydrolysis) is 1. The predicted molar refractivity (Wildman–Crippen MR) is 66.2 cm³/mol. The number of nitrogens with two attached hydrogens (primary N) is 1. The minimum atomic E-state index is -0.709. The monoisotopic (exact) mass is 254 g/mol. The van der Waals surface area contributed by atoms with Gasteiger partial charge in [-0.2, -0.15) is 5.10 Å². The molecule has 3 N–H and O–H groups in total. The number of carbonyl (C=O) groups excluding carboxylic acids is 1. The van der Waals surface area contributed by atoms with E-state index in [-0.39, 0.29) is 5.96 Å². The molecule has 0 unspecified atom stereocenters. The molecule has 0 bridgehead atoms. The van der Waals surface area contributed by atoms with Crippen molar-refractivity contribution in [2.24, 2.45) is 15.9 Å². The van der Waals surface area contributed by atoms with Crippen LogP contribution in [0.1, 0.15) is 5.56 Å². The van der Waals surface area contributed by atoms with Crippen LogP contribution in [0.5, 0.6) is 0 Å². The Morgan fingerprint density at radius 3 is 2.88 bits per heavy atom. The second-order valence-electron chi connectivity index (χ2n) is 2.87. The molecule has 0 aliphatic heterocycles. The van der Waals surface area contributed by atoms with Crippen molar-refractivity contribution in [1.29, 1.82) is 0 Å². The molecular formula is C10H11ClN4O2. The van der Waals surface area contributed by atoms with Crippen molar-refractivity contribution in [3.63, 3.8) is 0 Å². The largest absolute Gasteiger partial charge is 0.453 e. The third kappa shape index (κ3) is 4.52. The number of hydrogen-bond donors (Lipinski definition) is 2. The van der Waals surface area contributed by atoms with Crippen LogP contribution in [0.25, 0.3) is 0 Å². The van der Waals surface area contributed by atoms with Crippen LogP contribution < -0.4 is 11.1 Å². The number of amides is 1. The van der Waals surface area contributed by atoms with E-state index in [9.17, 15) is 4.79 Å². The van der Waals surface area contributed by atoms with Crippen LogP contribution in [0.4, 0.5) is 4.79 Å². The first-order valence-corrected chi connectivity index (χ1v) is 4.97. The SMILES string of the molecule is COC(=O)NC(N)=N/N=C\c1ccccc1Cl. The van der Waals surface area contributed by atoms with Gasteiger partial charge in [-0.15, -0.1) is 5.10 Å². The number of nitrogens with zero attached hydrogens (tertiary/aromatic N) is 2. The van der Waals surface area contributed by atoms with Crippen molar-refractivity contribution in [1.82, 2.24) is 5.32 Å². The molecule has 0 saturated carbocycles. The Balaban J connectivity index is 2.63. The summed E-state index contributed by atoms with van der Waals surface area (Å²) in [5.74, 6) is -0.167. The predicted octanol–water partition coefficient (Wildman–Crippen LogP) is 1.34. The normalized spacial score (nSPS) is 11.5. The van der Waals surface area contributed by atoms with Crippen LogP contribution in [-0.4, -0.2) is 25.4 Å². The number of rotatable bonds is 2. The lowest BCUT2D eigenvalue weighted by Gasteiger charge is -1.99. The van der Waals surface area contributed by atoms with Gasteiger partial charge in [0.05, 0.1) is 13.3 Å². The highest BCUT2D eigenvalue weighted by Gasteiger charge is 1.99. The van der Waals surface area contributed by atoms with Crippen molar-refractivity contribution in [3.05, 3.63) is 34.9 Å². The van der Waals surface area contributed by atoms with E-state index in [0.717, 1.165) is 0 Å². The number of hydrogen-bond acceptors (Lipinski definition) is 4. The number of guanidine groups is 1. The van der Waals surface area contributed by atoms with Crippen LogP contribution in [0, 0.1) is 0 Å². The van der Waals surface area contributed by atoms with Crippen LogP contribution >= 0.6 is 11.6 Å². The molecule has 0 atom stereocenters. The second kappa shape index (κ2) is 6.49. The van der Waals surface area contributed by atoms with Gasteiger partial charge in [0.1, 0.15) is 0 Å².